The summed E-state index contributed by atoms with van der Waals surface area (Å²) in [5.41, 5.74) is 4.90. The fraction of sp³-hybridized carbons (Fsp3) is 0.400. The van der Waals surface area contributed by atoms with Gasteiger partial charge in [0.15, 0.2) is 5.82 Å². The number of aromatic nitrogens is 5. The molecule has 1 fully saturated rings. The highest BCUT2D eigenvalue weighted by molar-refractivity contribution is 5.96. The third kappa shape index (κ3) is 7.23. The Balaban J connectivity index is 0.00000189. The van der Waals surface area contributed by atoms with Crippen LogP contribution >= 0.6 is 0 Å². The number of aromatic amines is 1. The summed E-state index contributed by atoms with van der Waals surface area (Å²) in [5.74, 6) is 1.05. The normalized spacial score (nSPS) is 13.6. The Bertz CT molecular complexity index is 1450. The van der Waals surface area contributed by atoms with Crippen LogP contribution in [0.3, 0.4) is 0 Å². The maximum atomic E-state index is 12.3. The first-order chi connectivity index (χ1) is 19.9. The van der Waals surface area contributed by atoms with Crippen molar-refractivity contribution in [1.82, 2.24) is 34.7 Å². The summed E-state index contributed by atoms with van der Waals surface area (Å²) in [7, 11) is 0. The number of carbonyl (C=O) groups is 2. The second-order valence-corrected chi connectivity index (χ2v) is 9.72. The Labute approximate surface area is 240 Å². The fourth-order valence-corrected chi connectivity index (χ4v) is 4.63. The van der Waals surface area contributed by atoms with Crippen LogP contribution in [-0.4, -0.2) is 79.5 Å². The van der Waals surface area contributed by atoms with E-state index in [-0.39, 0.29) is 24.4 Å². The molecule has 11 nitrogen and oxygen atoms in total. The highest BCUT2D eigenvalue weighted by Crippen LogP contribution is 2.32. The Morgan fingerprint density at radius 3 is 2.39 bits per heavy atom. The summed E-state index contributed by atoms with van der Waals surface area (Å²) < 4.78 is 4.98. The summed E-state index contributed by atoms with van der Waals surface area (Å²) >= 11 is 0. The highest BCUT2D eigenvalue weighted by Gasteiger charge is 2.23. The number of hydrogen-bond acceptors (Lipinski definition) is 8. The van der Waals surface area contributed by atoms with Gasteiger partial charge < -0.3 is 14.6 Å². The molecular formula is C30H38N8O3. The summed E-state index contributed by atoms with van der Waals surface area (Å²) in [6, 6.07) is 9.78. The van der Waals surface area contributed by atoms with Gasteiger partial charge in [-0.1, -0.05) is 33.8 Å². The average Bonchev–Trinajstić information content (AvgIpc) is 3.40. The van der Waals surface area contributed by atoms with Crippen LogP contribution < -0.4 is 5.32 Å². The molecule has 3 aromatic heterocycles. The number of imidazole rings is 1. The van der Waals surface area contributed by atoms with E-state index in [4.69, 9.17) is 9.72 Å². The number of hydrogen-bond donors (Lipinski definition) is 2. The molecule has 216 valence electrons. The highest BCUT2D eigenvalue weighted by atomic mass is 16.5. The molecule has 1 saturated heterocycles. The van der Waals surface area contributed by atoms with E-state index < -0.39 is 6.09 Å². The van der Waals surface area contributed by atoms with Crippen molar-refractivity contribution in [3.05, 3.63) is 54.6 Å². The summed E-state index contributed by atoms with van der Waals surface area (Å²) in [6.45, 7) is 13.8. The lowest BCUT2D eigenvalue weighted by Gasteiger charge is -2.35. The molecule has 41 heavy (non-hydrogen) atoms. The number of amides is 2. The number of nitrogens with one attached hydrogen (secondary N) is 2. The molecule has 1 aliphatic rings. The molecule has 1 aliphatic heterocycles. The van der Waals surface area contributed by atoms with Crippen LogP contribution in [0.25, 0.3) is 33.5 Å². The van der Waals surface area contributed by atoms with Crippen molar-refractivity contribution in [2.45, 2.75) is 41.2 Å². The number of anilines is 1. The zero-order valence-electron chi connectivity index (χ0n) is 24.3. The van der Waals surface area contributed by atoms with Crippen molar-refractivity contribution in [1.29, 1.82) is 0 Å². The summed E-state index contributed by atoms with van der Waals surface area (Å²) in [5, 5.41) is 2.62. The SMILES string of the molecule is CC.CCOC(=O)Nc1nc2c(-c3ncccn3)cc(-c3ccc(CN4CCN(C(=O)C(C)C)CC4)nc3)cc2[nH]1. The molecular weight excluding hydrogens is 520 g/mol. The first-order valence-electron chi connectivity index (χ1n) is 14.1. The van der Waals surface area contributed by atoms with Gasteiger partial charge in [0.05, 0.1) is 17.8 Å². The standard InChI is InChI=1S/C28H32N8O3.C2H6/c1-4-39-28(38)34-27-32-23-15-20(14-22(24(23)33-27)25-29-8-5-9-30-25)19-6-7-21(31-16-19)17-35-10-12-36(13-11-35)26(37)18(2)3;1-2/h5-9,14-16,18H,4,10-13,17H2,1-3H3,(H2,32,33,34,38);1-2H3. The van der Waals surface area contributed by atoms with Crippen molar-refractivity contribution >= 4 is 29.0 Å². The topological polar surface area (TPSA) is 129 Å². The van der Waals surface area contributed by atoms with E-state index in [1.54, 1.807) is 25.4 Å². The minimum Gasteiger partial charge on any atom is -0.450 e. The van der Waals surface area contributed by atoms with E-state index in [1.165, 1.54) is 0 Å². The zero-order valence-corrected chi connectivity index (χ0v) is 24.3. The molecule has 0 radical (unpaired) electrons. The summed E-state index contributed by atoms with van der Waals surface area (Å²) in [4.78, 5) is 49.7. The predicted molar refractivity (Wildman–Crippen MR) is 159 cm³/mol. The number of rotatable bonds is 7. The molecule has 4 aromatic rings. The number of benzene rings is 1. The summed E-state index contributed by atoms with van der Waals surface area (Å²) in [6.07, 6.45) is 4.64. The van der Waals surface area contributed by atoms with Gasteiger partial charge in [-0.2, -0.15) is 0 Å². The monoisotopic (exact) mass is 558 g/mol. The molecule has 2 amide bonds. The van der Waals surface area contributed by atoms with Crippen molar-refractivity contribution in [2.75, 3.05) is 38.1 Å². The maximum absolute atomic E-state index is 12.3. The molecule has 5 rings (SSSR count). The van der Waals surface area contributed by atoms with Crippen molar-refractivity contribution in [3.8, 4) is 22.5 Å². The second-order valence-electron chi connectivity index (χ2n) is 9.72. The molecule has 4 heterocycles. The van der Waals surface area contributed by atoms with E-state index in [9.17, 15) is 9.59 Å². The average molecular weight is 559 g/mol. The Hall–Kier alpha value is -4.38. The molecule has 0 spiro atoms. The van der Waals surface area contributed by atoms with Crippen molar-refractivity contribution in [3.63, 3.8) is 0 Å². The molecule has 1 aromatic carbocycles. The van der Waals surface area contributed by atoms with Crippen LogP contribution in [-0.2, 0) is 16.1 Å². The van der Waals surface area contributed by atoms with Gasteiger partial charge in [0.25, 0.3) is 0 Å². The third-order valence-electron chi connectivity index (χ3n) is 6.61. The van der Waals surface area contributed by atoms with Gasteiger partial charge >= 0.3 is 6.09 Å². The molecule has 0 aliphatic carbocycles. The quantitative estimate of drug-likeness (QED) is 0.325. The van der Waals surface area contributed by atoms with Gasteiger partial charge in [-0.15, -0.1) is 0 Å². The lowest BCUT2D eigenvalue weighted by Crippen LogP contribution is -2.49. The van der Waals surface area contributed by atoms with Crippen molar-refractivity contribution < 1.29 is 14.3 Å². The van der Waals surface area contributed by atoms with Gasteiger partial charge in [-0.25, -0.2) is 19.7 Å². The van der Waals surface area contributed by atoms with Gasteiger partial charge in [0, 0.05) is 68.4 Å². The minimum absolute atomic E-state index is 0.0288. The van der Waals surface area contributed by atoms with E-state index in [2.05, 4.69) is 30.2 Å². The van der Waals surface area contributed by atoms with E-state index >= 15 is 0 Å². The van der Waals surface area contributed by atoms with Crippen LogP contribution in [0, 0.1) is 5.92 Å². The number of nitrogens with zero attached hydrogens (tertiary/aromatic N) is 6. The minimum atomic E-state index is -0.581. The van der Waals surface area contributed by atoms with Gasteiger partial charge in [0.2, 0.25) is 11.9 Å². The number of carbonyl (C=O) groups excluding carboxylic acids is 2. The second kappa shape index (κ2) is 13.8. The van der Waals surface area contributed by atoms with E-state index in [1.807, 2.05) is 63.1 Å². The van der Waals surface area contributed by atoms with Crippen LogP contribution in [0.5, 0.6) is 0 Å². The fourth-order valence-electron chi connectivity index (χ4n) is 4.63. The smallest absolute Gasteiger partial charge is 0.413 e. The number of H-pyrrole nitrogens is 1. The van der Waals surface area contributed by atoms with Gasteiger partial charge in [-0.3, -0.25) is 20.0 Å². The number of pyridine rings is 1. The van der Waals surface area contributed by atoms with E-state index in [0.717, 1.165) is 60.6 Å². The predicted octanol–water partition coefficient (Wildman–Crippen LogP) is 4.98. The van der Waals surface area contributed by atoms with Crippen LogP contribution in [0.4, 0.5) is 10.7 Å². The maximum Gasteiger partial charge on any atom is 0.413 e. The first-order valence-corrected chi connectivity index (χ1v) is 14.1. The third-order valence-corrected chi connectivity index (χ3v) is 6.61. The molecule has 0 atom stereocenters. The molecule has 2 N–H and O–H groups in total. The Kier molecular flexibility index (Phi) is 9.96. The number of ether oxygens (including phenoxy) is 1. The van der Waals surface area contributed by atoms with E-state index in [0.29, 0.717) is 11.3 Å². The van der Waals surface area contributed by atoms with Gasteiger partial charge in [0.1, 0.15) is 5.52 Å². The number of fused-ring (bicyclic) bond motifs is 1. The molecule has 0 saturated carbocycles. The Morgan fingerprint density at radius 2 is 1.76 bits per heavy atom. The van der Waals surface area contributed by atoms with Gasteiger partial charge in [-0.05, 0) is 36.8 Å². The van der Waals surface area contributed by atoms with Crippen molar-refractivity contribution in [2.24, 2.45) is 5.92 Å². The van der Waals surface area contributed by atoms with Crippen LogP contribution in [0.1, 0.15) is 40.3 Å². The molecule has 0 unspecified atom stereocenters. The lowest BCUT2D eigenvalue weighted by atomic mass is 10.0. The Morgan fingerprint density at radius 1 is 1.02 bits per heavy atom. The first kappa shape index (κ1) is 29.6. The number of piperazine rings is 1. The zero-order chi connectivity index (χ0) is 29.4. The largest absolute Gasteiger partial charge is 0.450 e. The van der Waals surface area contributed by atoms with Crippen LogP contribution in [0.15, 0.2) is 48.9 Å². The molecule has 0 bridgehead atoms. The molecule has 11 heteroatoms. The van der Waals surface area contributed by atoms with Crippen LogP contribution in [0.2, 0.25) is 0 Å². The lowest BCUT2D eigenvalue weighted by molar-refractivity contribution is -0.136.